The van der Waals surface area contributed by atoms with Gasteiger partial charge in [-0.2, -0.15) is 0 Å². The van der Waals surface area contributed by atoms with Gasteiger partial charge in [-0.25, -0.2) is 0 Å². The fraction of sp³-hybridized carbons (Fsp3) is 0.650. The number of aliphatic hydroxyl groups excluding tert-OH is 1. The topological polar surface area (TPSA) is 59.9 Å². The molecule has 2 rings (SSSR count). The molecule has 0 saturated carbocycles. The summed E-state index contributed by atoms with van der Waals surface area (Å²) in [7, 11) is 0. The number of aliphatic imine (C=N–C) groups is 1. The predicted molar refractivity (Wildman–Crippen MR) is 105 cm³/mol. The quantitative estimate of drug-likeness (QED) is 0.523. The first kappa shape index (κ1) is 19.7. The molecule has 2 atom stereocenters. The summed E-state index contributed by atoms with van der Waals surface area (Å²) in [5.41, 5.74) is 1.17. The molecule has 5 nitrogen and oxygen atoms in total. The molecule has 3 N–H and O–H groups in total. The lowest BCUT2D eigenvalue weighted by atomic mass is 9.95. The average Bonchev–Trinajstić information content (AvgIpc) is 2.93. The fourth-order valence-electron chi connectivity index (χ4n) is 3.10. The van der Waals surface area contributed by atoms with Crippen molar-refractivity contribution in [2.24, 2.45) is 10.4 Å². The van der Waals surface area contributed by atoms with Gasteiger partial charge in [0.15, 0.2) is 5.96 Å². The zero-order valence-electron chi connectivity index (χ0n) is 16.1. The van der Waals surface area contributed by atoms with Crippen molar-refractivity contribution in [1.82, 2.24) is 15.5 Å². The third kappa shape index (κ3) is 6.33. The molecule has 1 aromatic carbocycles. The fourth-order valence-corrected chi connectivity index (χ4v) is 3.10. The van der Waals surface area contributed by atoms with Crippen LogP contribution >= 0.6 is 0 Å². The van der Waals surface area contributed by atoms with Crippen LogP contribution < -0.4 is 10.6 Å². The Bertz CT molecular complexity index is 544. The number of rotatable bonds is 7. The van der Waals surface area contributed by atoms with Gasteiger partial charge in [-0.3, -0.25) is 9.89 Å². The maximum Gasteiger partial charge on any atom is 0.191 e. The molecule has 0 spiro atoms. The molecule has 0 radical (unpaired) electrons. The van der Waals surface area contributed by atoms with Crippen LogP contribution in [0.2, 0.25) is 0 Å². The van der Waals surface area contributed by atoms with Crippen LogP contribution in [0.3, 0.4) is 0 Å². The van der Waals surface area contributed by atoms with Crippen LogP contribution in [0.25, 0.3) is 0 Å². The van der Waals surface area contributed by atoms with Crippen LogP contribution in [-0.2, 0) is 6.54 Å². The number of nitrogens with zero attached hydrogens (tertiary/aromatic N) is 2. The Kier molecular flexibility index (Phi) is 7.26. The molecule has 5 heteroatoms. The molecule has 1 fully saturated rings. The smallest absolute Gasteiger partial charge is 0.191 e. The molecule has 1 saturated heterocycles. The first-order valence-electron chi connectivity index (χ1n) is 9.37. The van der Waals surface area contributed by atoms with Gasteiger partial charge in [0.2, 0.25) is 0 Å². The summed E-state index contributed by atoms with van der Waals surface area (Å²) in [4.78, 5) is 7.19. The minimum Gasteiger partial charge on any atom is -0.396 e. The second-order valence-corrected chi connectivity index (χ2v) is 7.86. The molecular weight excluding hydrogens is 312 g/mol. The first-order valence-corrected chi connectivity index (χ1v) is 9.37. The highest BCUT2D eigenvalue weighted by atomic mass is 16.3. The van der Waals surface area contributed by atoms with Crippen molar-refractivity contribution in [2.75, 3.05) is 26.2 Å². The number of benzene rings is 1. The highest BCUT2D eigenvalue weighted by Gasteiger charge is 2.29. The van der Waals surface area contributed by atoms with Crippen LogP contribution in [-0.4, -0.2) is 54.3 Å². The van der Waals surface area contributed by atoms with Gasteiger partial charge in [-0.05, 0) is 25.8 Å². The Labute approximate surface area is 152 Å². The average molecular weight is 347 g/mol. The second-order valence-electron chi connectivity index (χ2n) is 7.86. The summed E-state index contributed by atoms with van der Waals surface area (Å²) < 4.78 is 0. The number of guanidine groups is 1. The van der Waals surface area contributed by atoms with E-state index >= 15 is 0 Å². The molecule has 1 heterocycles. The van der Waals surface area contributed by atoms with E-state index in [1.165, 1.54) is 5.56 Å². The molecule has 0 bridgehead atoms. The lowest BCUT2D eigenvalue weighted by molar-refractivity contribution is 0.167. The van der Waals surface area contributed by atoms with Gasteiger partial charge >= 0.3 is 0 Å². The lowest BCUT2D eigenvalue weighted by Crippen LogP contribution is -2.45. The molecule has 1 aromatic rings. The van der Waals surface area contributed by atoms with Gasteiger partial charge in [-0.1, -0.05) is 44.2 Å². The number of nitrogens with one attached hydrogen (secondary N) is 2. The van der Waals surface area contributed by atoms with Crippen molar-refractivity contribution < 1.29 is 5.11 Å². The highest BCUT2D eigenvalue weighted by molar-refractivity contribution is 5.80. The maximum atomic E-state index is 9.41. The Balaban J connectivity index is 1.93. The number of likely N-dealkylation sites (tertiary alicyclic amines) is 1. The van der Waals surface area contributed by atoms with Gasteiger partial charge in [0.05, 0.1) is 6.54 Å². The van der Waals surface area contributed by atoms with E-state index in [9.17, 15) is 5.11 Å². The Morgan fingerprint density at radius 1 is 1.32 bits per heavy atom. The third-order valence-electron chi connectivity index (χ3n) is 4.71. The predicted octanol–water partition coefficient (Wildman–Crippen LogP) is 2.22. The molecular formula is C20H34N4O. The van der Waals surface area contributed by atoms with E-state index in [4.69, 9.17) is 0 Å². The highest BCUT2D eigenvalue weighted by Crippen LogP contribution is 2.20. The summed E-state index contributed by atoms with van der Waals surface area (Å²) in [5.74, 6) is 0.850. The van der Waals surface area contributed by atoms with Gasteiger partial charge in [-0.15, -0.1) is 0 Å². The van der Waals surface area contributed by atoms with E-state index in [1.807, 2.05) is 13.8 Å². The van der Waals surface area contributed by atoms with Crippen LogP contribution in [0.15, 0.2) is 35.3 Å². The summed E-state index contributed by atoms with van der Waals surface area (Å²) in [6.45, 7) is 12.0. The second kappa shape index (κ2) is 9.20. The summed E-state index contributed by atoms with van der Waals surface area (Å²) in [5, 5.41) is 16.3. The molecule has 1 aliphatic rings. The van der Waals surface area contributed by atoms with Crippen molar-refractivity contribution >= 4 is 5.96 Å². The minimum absolute atomic E-state index is 0.140. The van der Waals surface area contributed by atoms with Gasteiger partial charge in [0, 0.05) is 43.7 Å². The van der Waals surface area contributed by atoms with E-state index in [-0.39, 0.29) is 12.0 Å². The van der Waals surface area contributed by atoms with Crippen LogP contribution in [0, 0.1) is 5.41 Å². The number of aliphatic hydroxyl groups is 1. The van der Waals surface area contributed by atoms with E-state index < -0.39 is 0 Å². The molecule has 1 aliphatic heterocycles. The molecule has 140 valence electrons. The van der Waals surface area contributed by atoms with Crippen molar-refractivity contribution in [2.45, 2.75) is 52.7 Å². The summed E-state index contributed by atoms with van der Waals surface area (Å²) >= 11 is 0. The van der Waals surface area contributed by atoms with Crippen LogP contribution in [0.1, 0.15) is 39.7 Å². The minimum atomic E-state index is -0.190. The zero-order valence-corrected chi connectivity index (χ0v) is 16.1. The van der Waals surface area contributed by atoms with E-state index in [0.717, 1.165) is 32.0 Å². The van der Waals surface area contributed by atoms with Gasteiger partial charge in [0.25, 0.3) is 0 Å². The SMILES string of the molecule is CCNC(=NCC(C)(C)CO)NC1CC(C)N(Cc2ccccc2)C1. The molecule has 0 aromatic heterocycles. The first-order chi connectivity index (χ1) is 11.9. The Morgan fingerprint density at radius 3 is 2.68 bits per heavy atom. The Hall–Kier alpha value is -1.59. The van der Waals surface area contributed by atoms with E-state index in [0.29, 0.717) is 18.6 Å². The van der Waals surface area contributed by atoms with Crippen molar-refractivity contribution in [3.05, 3.63) is 35.9 Å². The molecule has 25 heavy (non-hydrogen) atoms. The Morgan fingerprint density at radius 2 is 2.04 bits per heavy atom. The van der Waals surface area contributed by atoms with Crippen LogP contribution in [0.4, 0.5) is 0 Å². The normalized spacial score (nSPS) is 22.2. The zero-order chi connectivity index (χ0) is 18.3. The lowest BCUT2D eigenvalue weighted by Gasteiger charge is -2.22. The molecule has 0 aliphatic carbocycles. The maximum absolute atomic E-state index is 9.41. The third-order valence-corrected chi connectivity index (χ3v) is 4.71. The standard InChI is InChI=1S/C20H34N4O/c1-5-21-19(22-14-20(3,4)15-25)23-18-11-16(2)24(13-18)12-17-9-7-6-8-10-17/h6-10,16,18,25H,5,11-15H2,1-4H3,(H2,21,22,23). The van der Waals surface area contributed by atoms with Gasteiger partial charge in [0.1, 0.15) is 0 Å². The summed E-state index contributed by atoms with van der Waals surface area (Å²) in [6.07, 6.45) is 1.11. The van der Waals surface area contributed by atoms with Crippen molar-refractivity contribution in [3.8, 4) is 0 Å². The van der Waals surface area contributed by atoms with E-state index in [2.05, 4.69) is 64.7 Å². The molecule has 0 amide bonds. The van der Waals surface area contributed by atoms with E-state index in [1.54, 1.807) is 0 Å². The van der Waals surface area contributed by atoms with Gasteiger partial charge < -0.3 is 15.7 Å². The molecule has 2 unspecified atom stereocenters. The van der Waals surface area contributed by atoms with Crippen LogP contribution in [0.5, 0.6) is 0 Å². The monoisotopic (exact) mass is 346 g/mol. The van der Waals surface area contributed by atoms with Crippen molar-refractivity contribution in [1.29, 1.82) is 0 Å². The largest absolute Gasteiger partial charge is 0.396 e. The summed E-state index contributed by atoms with van der Waals surface area (Å²) in [6, 6.07) is 11.6. The van der Waals surface area contributed by atoms with Crippen molar-refractivity contribution in [3.63, 3.8) is 0 Å². The number of hydrogen-bond acceptors (Lipinski definition) is 3. The number of hydrogen-bond donors (Lipinski definition) is 3.